The summed E-state index contributed by atoms with van der Waals surface area (Å²) in [5.41, 5.74) is 3.52. The smallest absolute Gasteiger partial charge is 0.161 e. The van der Waals surface area contributed by atoms with Crippen LogP contribution in [0.25, 0.3) is 0 Å². The molecule has 1 heterocycles. The molecule has 0 aromatic carbocycles. The van der Waals surface area contributed by atoms with E-state index in [2.05, 4.69) is 19.2 Å². The largest absolute Gasteiger partial charge is 0.362 e. The number of dihydropyridines is 1. The second-order valence-electron chi connectivity index (χ2n) is 5.86. The van der Waals surface area contributed by atoms with Gasteiger partial charge in [0.05, 0.1) is 0 Å². The quantitative estimate of drug-likeness (QED) is 0.757. The van der Waals surface area contributed by atoms with Crippen molar-refractivity contribution in [2.75, 3.05) is 0 Å². The molecular formula is C14H19NO2. The molecule has 2 aliphatic rings. The maximum atomic E-state index is 12.1. The molecule has 3 nitrogen and oxygen atoms in total. The summed E-state index contributed by atoms with van der Waals surface area (Å²) in [4.78, 5) is 23.6. The van der Waals surface area contributed by atoms with Crippen LogP contribution < -0.4 is 5.32 Å². The molecule has 0 amide bonds. The van der Waals surface area contributed by atoms with Gasteiger partial charge in [-0.25, -0.2) is 0 Å². The van der Waals surface area contributed by atoms with Gasteiger partial charge in [-0.05, 0) is 25.7 Å². The highest BCUT2D eigenvalue weighted by atomic mass is 16.1. The molecule has 2 rings (SSSR count). The van der Waals surface area contributed by atoms with Gasteiger partial charge < -0.3 is 5.32 Å². The molecule has 1 aliphatic carbocycles. The van der Waals surface area contributed by atoms with E-state index in [1.165, 1.54) is 0 Å². The number of allylic oxidation sites excluding steroid dienone is 4. The van der Waals surface area contributed by atoms with Crippen LogP contribution >= 0.6 is 0 Å². The summed E-state index contributed by atoms with van der Waals surface area (Å²) in [7, 11) is 0. The SMILES string of the molecule is CC(=O)C1=C(C)NC2=C(C1)C(=O)CC(C)(C)C2. The van der Waals surface area contributed by atoms with E-state index in [0.717, 1.165) is 29.0 Å². The Morgan fingerprint density at radius 1 is 1.29 bits per heavy atom. The summed E-state index contributed by atoms with van der Waals surface area (Å²) < 4.78 is 0. The minimum atomic E-state index is 0.0247. The predicted molar refractivity (Wildman–Crippen MR) is 66.2 cm³/mol. The molecule has 0 atom stereocenters. The molecule has 17 heavy (non-hydrogen) atoms. The van der Waals surface area contributed by atoms with Gasteiger partial charge in [0.1, 0.15) is 0 Å². The number of Topliss-reactive ketones (excluding diaryl/α,β-unsaturated/α-hetero) is 2. The van der Waals surface area contributed by atoms with Crippen molar-refractivity contribution in [1.82, 2.24) is 5.32 Å². The van der Waals surface area contributed by atoms with Crippen molar-refractivity contribution in [1.29, 1.82) is 0 Å². The summed E-state index contributed by atoms with van der Waals surface area (Å²) in [6, 6.07) is 0. The zero-order valence-electron chi connectivity index (χ0n) is 10.9. The number of carbonyl (C=O) groups excluding carboxylic acids is 2. The van der Waals surface area contributed by atoms with E-state index in [9.17, 15) is 9.59 Å². The molecular weight excluding hydrogens is 214 g/mol. The maximum Gasteiger partial charge on any atom is 0.161 e. The average molecular weight is 233 g/mol. The fraction of sp³-hybridized carbons (Fsp3) is 0.571. The van der Waals surface area contributed by atoms with E-state index in [4.69, 9.17) is 0 Å². The van der Waals surface area contributed by atoms with Gasteiger partial charge in [0.15, 0.2) is 11.6 Å². The molecule has 0 saturated heterocycles. The van der Waals surface area contributed by atoms with Crippen LogP contribution in [0.3, 0.4) is 0 Å². The highest BCUT2D eigenvalue weighted by molar-refractivity contribution is 6.02. The third-order valence-corrected chi connectivity index (χ3v) is 3.56. The van der Waals surface area contributed by atoms with Crippen LogP contribution in [0.15, 0.2) is 22.5 Å². The molecule has 1 N–H and O–H groups in total. The Morgan fingerprint density at radius 3 is 2.53 bits per heavy atom. The Bertz CT molecular complexity index is 467. The van der Waals surface area contributed by atoms with Crippen LogP contribution in [-0.2, 0) is 9.59 Å². The Morgan fingerprint density at radius 2 is 1.94 bits per heavy atom. The molecule has 0 radical (unpaired) electrons. The average Bonchev–Trinajstić information content (AvgIpc) is 2.13. The van der Waals surface area contributed by atoms with Gasteiger partial charge in [-0.2, -0.15) is 0 Å². The van der Waals surface area contributed by atoms with E-state index >= 15 is 0 Å². The van der Waals surface area contributed by atoms with Gasteiger partial charge in [-0.1, -0.05) is 13.8 Å². The second-order valence-corrected chi connectivity index (χ2v) is 5.86. The number of rotatable bonds is 1. The normalized spacial score (nSPS) is 23.4. The van der Waals surface area contributed by atoms with Gasteiger partial charge in [0, 0.05) is 35.4 Å². The van der Waals surface area contributed by atoms with Crippen molar-refractivity contribution in [2.24, 2.45) is 5.41 Å². The van der Waals surface area contributed by atoms with Crippen molar-refractivity contribution in [3.05, 3.63) is 22.5 Å². The minimum absolute atomic E-state index is 0.0247. The fourth-order valence-corrected chi connectivity index (χ4v) is 2.68. The van der Waals surface area contributed by atoms with Crippen LogP contribution in [-0.4, -0.2) is 11.6 Å². The summed E-state index contributed by atoms with van der Waals surface area (Å²) in [5.74, 6) is 0.245. The first-order valence-corrected chi connectivity index (χ1v) is 6.03. The lowest BCUT2D eigenvalue weighted by Gasteiger charge is -2.35. The van der Waals surface area contributed by atoms with Crippen molar-refractivity contribution in [3.63, 3.8) is 0 Å². The molecule has 0 fully saturated rings. The Kier molecular flexibility index (Phi) is 2.72. The Hall–Kier alpha value is -1.38. The van der Waals surface area contributed by atoms with Crippen molar-refractivity contribution < 1.29 is 9.59 Å². The van der Waals surface area contributed by atoms with Crippen LogP contribution in [0.4, 0.5) is 0 Å². The van der Waals surface area contributed by atoms with Crippen molar-refractivity contribution in [3.8, 4) is 0 Å². The van der Waals surface area contributed by atoms with Gasteiger partial charge in [-0.15, -0.1) is 0 Å². The molecule has 0 spiro atoms. The topological polar surface area (TPSA) is 46.2 Å². The fourth-order valence-electron chi connectivity index (χ4n) is 2.68. The lowest BCUT2D eigenvalue weighted by Crippen LogP contribution is -2.34. The minimum Gasteiger partial charge on any atom is -0.362 e. The summed E-state index contributed by atoms with van der Waals surface area (Å²) in [6.45, 7) is 7.68. The molecule has 1 aliphatic heterocycles. The predicted octanol–water partition coefficient (Wildman–Crippen LogP) is 2.49. The maximum absolute atomic E-state index is 12.1. The number of hydrogen-bond acceptors (Lipinski definition) is 3. The zero-order chi connectivity index (χ0) is 12.8. The van der Waals surface area contributed by atoms with E-state index in [1.54, 1.807) is 6.92 Å². The first-order chi connectivity index (χ1) is 7.80. The molecule has 0 aromatic heterocycles. The standard InChI is InChI=1S/C14H19NO2/c1-8-10(9(2)16)5-11-12(15-8)6-14(3,4)7-13(11)17/h15H,5-7H2,1-4H3. The van der Waals surface area contributed by atoms with Crippen LogP contribution in [0.2, 0.25) is 0 Å². The number of ketones is 2. The molecule has 0 unspecified atom stereocenters. The first kappa shape index (κ1) is 12.1. The molecule has 92 valence electrons. The van der Waals surface area contributed by atoms with E-state index in [-0.39, 0.29) is 17.0 Å². The molecule has 0 bridgehead atoms. The van der Waals surface area contributed by atoms with Crippen LogP contribution in [0.1, 0.15) is 47.0 Å². The van der Waals surface area contributed by atoms with Gasteiger partial charge >= 0.3 is 0 Å². The van der Waals surface area contributed by atoms with Gasteiger partial charge in [-0.3, -0.25) is 9.59 Å². The van der Waals surface area contributed by atoms with Gasteiger partial charge in [0.25, 0.3) is 0 Å². The van der Waals surface area contributed by atoms with Crippen LogP contribution in [0.5, 0.6) is 0 Å². The van der Waals surface area contributed by atoms with Crippen molar-refractivity contribution >= 4 is 11.6 Å². The number of nitrogens with one attached hydrogen (secondary N) is 1. The highest BCUT2D eigenvalue weighted by Gasteiger charge is 2.35. The van der Waals surface area contributed by atoms with Gasteiger partial charge in [0.2, 0.25) is 0 Å². The number of hydrogen-bond donors (Lipinski definition) is 1. The monoisotopic (exact) mass is 233 g/mol. The van der Waals surface area contributed by atoms with E-state index < -0.39 is 0 Å². The third-order valence-electron chi connectivity index (χ3n) is 3.56. The lowest BCUT2D eigenvalue weighted by molar-refractivity contribution is -0.118. The molecule has 0 aromatic rings. The summed E-state index contributed by atoms with van der Waals surface area (Å²) >= 11 is 0. The molecule has 0 saturated carbocycles. The van der Waals surface area contributed by atoms with Crippen molar-refractivity contribution in [2.45, 2.75) is 47.0 Å². The van der Waals surface area contributed by atoms with Crippen LogP contribution in [0, 0.1) is 5.41 Å². The third kappa shape index (κ3) is 2.19. The lowest BCUT2D eigenvalue weighted by atomic mass is 9.73. The summed E-state index contributed by atoms with van der Waals surface area (Å²) in [6.07, 6.45) is 1.98. The summed E-state index contributed by atoms with van der Waals surface area (Å²) in [5, 5.41) is 3.25. The first-order valence-electron chi connectivity index (χ1n) is 6.03. The molecule has 3 heteroatoms. The Balaban J connectivity index is 2.34. The second kappa shape index (κ2) is 3.83. The van der Waals surface area contributed by atoms with E-state index in [1.807, 2.05) is 6.92 Å². The van der Waals surface area contributed by atoms with E-state index in [0.29, 0.717) is 12.8 Å². The Labute approximate surface area is 102 Å². The zero-order valence-corrected chi connectivity index (χ0v) is 10.9. The number of carbonyl (C=O) groups is 2. The highest BCUT2D eigenvalue weighted by Crippen LogP contribution is 2.40.